The SMILES string of the molecule is CCCCOc1cc(N)c(C(=O)N2Cc3ccccc3C[C@H]2CO)cc1OC. The first-order valence-electron chi connectivity index (χ1n) is 9.67. The van der Waals surface area contributed by atoms with Crippen LogP contribution in [0, 0.1) is 0 Å². The summed E-state index contributed by atoms with van der Waals surface area (Å²) >= 11 is 0. The number of nitrogens with zero attached hydrogens (tertiary/aromatic N) is 1. The van der Waals surface area contributed by atoms with E-state index in [4.69, 9.17) is 15.2 Å². The summed E-state index contributed by atoms with van der Waals surface area (Å²) in [5, 5.41) is 9.85. The third-order valence-electron chi connectivity index (χ3n) is 5.15. The highest BCUT2D eigenvalue weighted by molar-refractivity contribution is 6.00. The zero-order valence-corrected chi connectivity index (χ0v) is 16.5. The Hall–Kier alpha value is -2.73. The van der Waals surface area contributed by atoms with Crippen LogP contribution in [0.2, 0.25) is 0 Å². The van der Waals surface area contributed by atoms with E-state index in [9.17, 15) is 9.90 Å². The highest BCUT2D eigenvalue weighted by atomic mass is 16.5. The van der Waals surface area contributed by atoms with Crippen LogP contribution in [-0.4, -0.2) is 42.3 Å². The number of methoxy groups -OCH3 is 1. The van der Waals surface area contributed by atoms with Crippen LogP contribution in [0.25, 0.3) is 0 Å². The fourth-order valence-corrected chi connectivity index (χ4v) is 3.50. The highest BCUT2D eigenvalue weighted by Gasteiger charge is 2.31. The van der Waals surface area contributed by atoms with Gasteiger partial charge in [-0.2, -0.15) is 0 Å². The molecule has 1 heterocycles. The molecule has 6 heteroatoms. The van der Waals surface area contributed by atoms with E-state index < -0.39 is 0 Å². The molecule has 6 nitrogen and oxygen atoms in total. The summed E-state index contributed by atoms with van der Waals surface area (Å²) in [5.41, 5.74) is 9.14. The molecule has 0 saturated carbocycles. The zero-order chi connectivity index (χ0) is 20.1. The molecule has 1 aliphatic heterocycles. The Kier molecular flexibility index (Phi) is 6.41. The number of fused-ring (bicyclic) bond motifs is 1. The number of hydrogen-bond acceptors (Lipinski definition) is 5. The van der Waals surface area contributed by atoms with Gasteiger partial charge in [-0.05, 0) is 30.0 Å². The Labute approximate surface area is 165 Å². The minimum absolute atomic E-state index is 0.102. The number of anilines is 1. The fraction of sp³-hybridized carbons (Fsp3) is 0.409. The van der Waals surface area contributed by atoms with E-state index in [1.165, 1.54) is 0 Å². The molecule has 0 spiro atoms. The van der Waals surface area contributed by atoms with Crippen molar-refractivity contribution in [2.75, 3.05) is 26.1 Å². The van der Waals surface area contributed by atoms with Crippen molar-refractivity contribution in [3.8, 4) is 11.5 Å². The molecule has 1 amide bonds. The number of nitrogens with two attached hydrogens (primary N) is 1. The predicted molar refractivity (Wildman–Crippen MR) is 109 cm³/mol. The second kappa shape index (κ2) is 8.97. The van der Waals surface area contributed by atoms with Crippen LogP contribution in [0.5, 0.6) is 11.5 Å². The number of ether oxygens (including phenoxy) is 2. The number of unbranched alkanes of at least 4 members (excludes halogenated alkanes) is 1. The van der Waals surface area contributed by atoms with E-state index in [0.717, 1.165) is 24.0 Å². The molecular formula is C22H28N2O4. The van der Waals surface area contributed by atoms with Crippen LogP contribution in [0.1, 0.15) is 41.3 Å². The maximum absolute atomic E-state index is 13.3. The van der Waals surface area contributed by atoms with Gasteiger partial charge in [-0.15, -0.1) is 0 Å². The number of nitrogen functional groups attached to an aromatic ring is 1. The van der Waals surface area contributed by atoms with Crippen molar-refractivity contribution in [2.45, 2.75) is 38.8 Å². The maximum Gasteiger partial charge on any atom is 0.256 e. The van der Waals surface area contributed by atoms with Crippen molar-refractivity contribution >= 4 is 11.6 Å². The van der Waals surface area contributed by atoms with Crippen molar-refractivity contribution in [2.24, 2.45) is 0 Å². The fourth-order valence-electron chi connectivity index (χ4n) is 3.50. The van der Waals surface area contributed by atoms with E-state index in [0.29, 0.717) is 42.3 Å². The van der Waals surface area contributed by atoms with Crippen LogP contribution in [0.4, 0.5) is 5.69 Å². The van der Waals surface area contributed by atoms with Gasteiger partial charge in [0, 0.05) is 18.3 Å². The second-order valence-electron chi connectivity index (χ2n) is 7.03. The number of aliphatic hydroxyl groups excluding tert-OH is 1. The Morgan fingerprint density at radius 3 is 2.68 bits per heavy atom. The van der Waals surface area contributed by atoms with Crippen molar-refractivity contribution in [1.82, 2.24) is 4.90 Å². The summed E-state index contributed by atoms with van der Waals surface area (Å²) in [7, 11) is 1.54. The smallest absolute Gasteiger partial charge is 0.256 e. The summed E-state index contributed by atoms with van der Waals surface area (Å²) in [6, 6.07) is 11.0. The van der Waals surface area contributed by atoms with E-state index in [2.05, 4.69) is 6.92 Å². The molecule has 0 saturated heterocycles. The molecule has 2 aromatic rings. The van der Waals surface area contributed by atoms with Crippen LogP contribution in [-0.2, 0) is 13.0 Å². The van der Waals surface area contributed by atoms with Crippen molar-refractivity contribution in [3.05, 3.63) is 53.1 Å². The molecule has 1 aliphatic rings. The van der Waals surface area contributed by atoms with Gasteiger partial charge in [0.25, 0.3) is 5.91 Å². The monoisotopic (exact) mass is 384 g/mol. The van der Waals surface area contributed by atoms with Gasteiger partial charge in [-0.1, -0.05) is 37.6 Å². The Morgan fingerprint density at radius 2 is 2.00 bits per heavy atom. The Balaban J connectivity index is 1.89. The van der Waals surface area contributed by atoms with E-state index in [1.54, 1.807) is 24.1 Å². The van der Waals surface area contributed by atoms with Crippen LogP contribution in [0.15, 0.2) is 36.4 Å². The Morgan fingerprint density at radius 1 is 1.25 bits per heavy atom. The van der Waals surface area contributed by atoms with Gasteiger partial charge in [0.05, 0.1) is 31.9 Å². The number of carbonyl (C=O) groups excluding carboxylic acids is 1. The van der Waals surface area contributed by atoms with Crippen molar-refractivity contribution < 1.29 is 19.4 Å². The van der Waals surface area contributed by atoms with Gasteiger partial charge < -0.3 is 25.2 Å². The molecule has 150 valence electrons. The lowest BCUT2D eigenvalue weighted by Crippen LogP contribution is -2.46. The normalized spacial score (nSPS) is 15.8. The first kappa shape index (κ1) is 20.0. The van der Waals surface area contributed by atoms with Crippen LogP contribution >= 0.6 is 0 Å². The largest absolute Gasteiger partial charge is 0.493 e. The molecule has 3 rings (SSSR count). The first-order chi connectivity index (χ1) is 13.6. The molecule has 1 atom stereocenters. The third kappa shape index (κ3) is 4.07. The first-order valence-corrected chi connectivity index (χ1v) is 9.67. The average molecular weight is 384 g/mol. The number of aliphatic hydroxyl groups is 1. The van der Waals surface area contributed by atoms with E-state index >= 15 is 0 Å². The van der Waals surface area contributed by atoms with Gasteiger partial charge >= 0.3 is 0 Å². The lowest BCUT2D eigenvalue weighted by atomic mass is 9.93. The molecule has 0 aliphatic carbocycles. The molecule has 0 fully saturated rings. The van der Waals surface area contributed by atoms with Crippen LogP contribution < -0.4 is 15.2 Å². The third-order valence-corrected chi connectivity index (χ3v) is 5.15. The lowest BCUT2D eigenvalue weighted by molar-refractivity contribution is 0.0545. The summed E-state index contributed by atoms with van der Waals surface area (Å²) < 4.78 is 11.2. The number of rotatable bonds is 7. The topological polar surface area (TPSA) is 85.0 Å². The standard InChI is InChI=1S/C22H28N2O4/c1-3-4-9-28-21-12-19(23)18(11-20(21)27-2)22(26)24-13-16-8-6-5-7-15(16)10-17(24)14-25/h5-8,11-12,17,25H,3-4,9-10,13-14,23H2,1-2H3/t17-/m0/s1. The predicted octanol–water partition coefficient (Wildman–Crippen LogP) is 3.02. The maximum atomic E-state index is 13.3. The van der Waals surface area contributed by atoms with Crippen molar-refractivity contribution in [1.29, 1.82) is 0 Å². The summed E-state index contributed by atoms with van der Waals surface area (Å²) in [6.07, 6.45) is 2.57. The highest BCUT2D eigenvalue weighted by Crippen LogP contribution is 2.34. The minimum Gasteiger partial charge on any atom is -0.493 e. The van der Waals surface area contributed by atoms with Gasteiger partial charge in [-0.3, -0.25) is 4.79 Å². The van der Waals surface area contributed by atoms with Crippen molar-refractivity contribution in [3.63, 3.8) is 0 Å². The Bertz CT molecular complexity index is 837. The molecule has 0 aromatic heterocycles. The number of benzene rings is 2. The van der Waals surface area contributed by atoms with Crippen LogP contribution in [0.3, 0.4) is 0 Å². The molecule has 28 heavy (non-hydrogen) atoms. The number of carbonyl (C=O) groups is 1. The number of hydrogen-bond donors (Lipinski definition) is 2. The number of amides is 1. The lowest BCUT2D eigenvalue weighted by Gasteiger charge is -2.36. The molecule has 0 radical (unpaired) electrons. The van der Waals surface area contributed by atoms with E-state index in [-0.39, 0.29) is 18.6 Å². The van der Waals surface area contributed by atoms with E-state index in [1.807, 2.05) is 24.3 Å². The molecule has 3 N–H and O–H groups in total. The van der Waals surface area contributed by atoms with Gasteiger partial charge in [0.2, 0.25) is 0 Å². The molecular weight excluding hydrogens is 356 g/mol. The second-order valence-corrected chi connectivity index (χ2v) is 7.03. The average Bonchev–Trinajstić information content (AvgIpc) is 2.72. The van der Waals surface area contributed by atoms with Gasteiger partial charge in [-0.25, -0.2) is 0 Å². The molecule has 2 aromatic carbocycles. The molecule has 0 unspecified atom stereocenters. The quantitative estimate of drug-likeness (QED) is 0.566. The zero-order valence-electron chi connectivity index (χ0n) is 16.5. The summed E-state index contributed by atoms with van der Waals surface area (Å²) in [4.78, 5) is 15.0. The molecule has 0 bridgehead atoms. The van der Waals surface area contributed by atoms with Gasteiger partial charge in [0.1, 0.15) is 0 Å². The minimum atomic E-state index is -0.284. The summed E-state index contributed by atoms with van der Waals surface area (Å²) in [6.45, 7) is 2.99. The summed E-state index contributed by atoms with van der Waals surface area (Å²) in [5.74, 6) is 0.795. The van der Waals surface area contributed by atoms with Gasteiger partial charge in [0.15, 0.2) is 11.5 Å².